The van der Waals surface area contributed by atoms with E-state index in [9.17, 15) is 9.18 Å². The number of carbonyl (C=O) groups is 1. The van der Waals surface area contributed by atoms with Crippen molar-refractivity contribution < 1.29 is 23.1 Å². The Labute approximate surface area is 173 Å². The maximum atomic E-state index is 15.6. The molecule has 0 aromatic carbocycles. The smallest absolute Gasteiger partial charge is 0.303 e. The van der Waals surface area contributed by atoms with Gasteiger partial charge in [-0.05, 0) is 91.8 Å². The van der Waals surface area contributed by atoms with Crippen molar-refractivity contribution in [2.75, 3.05) is 0 Å². The van der Waals surface area contributed by atoms with Gasteiger partial charge in [0.25, 0.3) is 5.92 Å². The molecule has 5 heteroatoms. The number of hydrogen-bond acceptors (Lipinski definition) is 1. The fourth-order valence-corrected chi connectivity index (χ4v) is 8.63. The average Bonchev–Trinajstić information content (AvgIpc) is 2.98. The molecule has 0 radical (unpaired) electrons. The van der Waals surface area contributed by atoms with Gasteiger partial charge >= 0.3 is 5.97 Å². The van der Waals surface area contributed by atoms with Gasteiger partial charge in [-0.15, -0.1) is 0 Å². The second kappa shape index (κ2) is 7.15. The van der Waals surface area contributed by atoms with E-state index in [-0.39, 0.29) is 47.3 Å². The maximum absolute atomic E-state index is 15.6. The van der Waals surface area contributed by atoms with Crippen molar-refractivity contribution in [3.8, 4) is 0 Å². The Kier molecular flexibility index (Phi) is 5.30. The molecular formula is C24H37F3O2. The van der Waals surface area contributed by atoms with Gasteiger partial charge in [0.1, 0.15) is 6.17 Å². The van der Waals surface area contributed by atoms with Crippen LogP contribution in [-0.4, -0.2) is 23.2 Å². The minimum Gasteiger partial charge on any atom is -0.481 e. The van der Waals surface area contributed by atoms with E-state index in [1.54, 1.807) is 0 Å². The number of carboxylic acid groups (broad SMARTS) is 1. The van der Waals surface area contributed by atoms with Gasteiger partial charge in [-0.25, -0.2) is 13.2 Å². The summed E-state index contributed by atoms with van der Waals surface area (Å²) in [5, 5.41) is 9.06. The third-order valence-electron chi connectivity index (χ3n) is 10.2. The molecule has 2 nitrogen and oxygen atoms in total. The van der Waals surface area contributed by atoms with Crippen LogP contribution in [0.1, 0.15) is 85.0 Å². The minimum absolute atomic E-state index is 0.00472. The molecule has 0 heterocycles. The third kappa shape index (κ3) is 3.33. The predicted molar refractivity (Wildman–Crippen MR) is 106 cm³/mol. The van der Waals surface area contributed by atoms with E-state index in [1.807, 2.05) is 0 Å². The summed E-state index contributed by atoms with van der Waals surface area (Å²) in [7, 11) is 0. The van der Waals surface area contributed by atoms with E-state index in [1.165, 1.54) is 0 Å². The number of alkyl halides is 3. The van der Waals surface area contributed by atoms with E-state index in [2.05, 4.69) is 20.8 Å². The maximum Gasteiger partial charge on any atom is 0.303 e. The summed E-state index contributed by atoms with van der Waals surface area (Å²) in [6.45, 7) is 6.51. The Hall–Kier alpha value is -0.740. The van der Waals surface area contributed by atoms with Gasteiger partial charge in [0.15, 0.2) is 0 Å². The second-order valence-electron chi connectivity index (χ2n) is 11.4. The lowest BCUT2D eigenvalue weighted by molar-refractivity contribution is -0.236. The Morgan fingerprint density at radius 3 is 2.41 bits per heavy atom. The van der Waals surface area contributed by atoms with Gasteiger partial charge < -0.3 is 5.11 Å². The van der Waals surface area contributed by atoms with Crippen molar-refractivity contribution in [2.45, 2.75) is 97.1 Å². The van der Waals surface area contributed by atoms with Gasteiger partial charge in [0.05, 0.1) is 0 Å². The summed E-state index contributed by atoms with van der Waals surface area (Å²) in [6.07, 6.45) is 4.86. The molecule has 0 aliphatic heterocycles. The molecule has 0 spiro atoms. The molecule has 9 unspecified atom stereocenters. The number of rotatable bonds is 4. The van der Waals surface area contributed by atoms with Gasteiger partial charge in [-0.2, -0.15) is 0 Å². The molecule has 9 atom stereocenters. The van der Waals surface area contributed by atoms with Crippen LogP contribution in [-0.2, 0) is 4.79 Å². The van der Waals surface area contributed by atoms with Crippen LogP contribution in [0.2, 0.25) is 0 Å². The fourth-order valence-electron chi connectivity index (χ4n) is 8.63. The molecule has 4 aliphatic carbocycles. The molecule has 1 N–H and O–H groups in total. The highest BCUT2D eigenvalue weighted by Gasteiger charge is 2.68. The van der Waals surface area contributed by atoms with Gasteiger partial charge in [0.2, 0.25) is 0 Å². The van der Waals surface area contributed by atoms with Crippen LogP contribution in [0, 0.1) is 46.3 Å². The second-order valence-corrected chi connectivity index (χ2v) is 11.4. The first-order valence-corrected chi connectivity index (χ1v) is 11.7. The summed E-state index contributed by atoms with van der Waals surface area (Å²) in [5.41, 5.74) is -0.272. The first-order valence-electron chi connectivity index (χ1n) is 11.7. The van der Waals surface area contributed by atoms with E-state index in [0.717, 1.165) is 32.1 Å². The normalized spacial score (nSPS) is 49.6. The lowest BCUT2D eigenvalue weighted by Gasteiger charge is -2.62. The average molecular weight is 415 g/mol. The number of halogens is 3. The SMILES string of the molecule is CC(CCC(=O)O)C1CCC2C3C(CCC12C)C1(C)CCC(F)CC1CC3(F)F. The largest absolute Gasteiger partial charge is 0.481 e. The molecule has 29 heavy (non-hydrogen) atoms. The quantitative estimate of drug-likeness (QED) is 0.554. The van der Waals surface area contributed by atoms with Crippen molar-refractivity contribution in [2.24, 2.45) is 46.3 Å². The van der Waals surface area contributed by atoms with Crippen LogP contribution in [0.4, 0.5) is 13.2 Å². The number of hydrogen-bond donors (Lipinski definition) is 1. The van der Waals surface area contributed by atoms with Crippen LogP contribution < -0.4 is 0 Å². The summed E-state index contributed by atoms with van der Waals surface area (Å²) in [5.74, 6) is -3.69. The predicted octanol–water partition coefficient (Wildman–Crippen LogP) is 6.73. The van der Waals surface area contributed by atoms with Crippen molar-refractivity contribution >= 4 is 5.97 Å². The Bertz CT molecular complexity index is 652. The molecule has 0 aromatic heterocycles. The highest BCUT2D eigenvalue weighted by molar-refractivity contribution is 5.66. The molecule has 0 saturated heterocycles. The molecule has 0 amide bonds. The minimum atomic E-state index is -2.71. The Morgan fingerprint density at radius 2 is 1.72 bits per heavy atom. The van der Waals surface area contributed by atoms with E-state index in [4.69, 9.17) is 5.11 Å². The van der Waals surface area contributed by atoms with Crippen molar-refractivity contribution in [3.05, 3.63) is 0 Å². The Morgan fingerprint density at radius 1 is 1.07 bits per heavy atom. The van der Waals surface area contributed by atoms with Crippen LogP contribution in [0.5, 0.6) is 0 Å². The zero-order valence-corrected chi connectivity index (χ0v) is 18.1. The van der Waals surface area contributed by atoms with Crippen LogP contribution in [0.3, 0.4) is 0 Å². The van der Waals surface area contributed by atoms with Crippen molar-refractivity contribution in [1.29, 1.82) is 0 Å². The van der Waals surface area contributed by atoms with Crippen molar-refractivity contribution in [3.63, 3.8) is 0 Å². The van der Waals surface area contributed by atoms with Crippen molar-refractivity contribution in [1.82, 2.24) is 0 Å². The number of fused-ring (bicyclic) bond motifs is 5. The topological polar surface area (TPSA) is 37.3 Å². The van der Waals surface area contributed by atoms with E-state index in [0.29, 0.717) is 25.2 Å². The lowest BCUT2D eigenvalue weighted by atomic mass is 9.43. The van der Waals surface area contributed by atoms with Gasteiger partial charge in [-0.3, -0.25) is 4.79 Å². The van der Waals surface area contributed by atoms with Gasteiger partial charge in [0, 0.05) is 18.8 Å². The molecule has 0 aromatic rings. The fraction of sp³-hybridized carbons (Fsp3) is 0.958. The zero-order chi connectivity index (χ0) is 21.2. The molecule has 4 fully saturated rings. The molecule has 166 valence electrons. The zero-order valence-electron chi connectivity index (χ0n) is 18.1. The molecular weight excluding hydrogens is 377 g/mol. The summed E-state index contributed by atoms with van der Waals surface area (Å²) < 4.78 is 45.3. The Balaban J connectivity index is 1.60. The number of carboxylic acids is 1. The summed E-state index contributed by atoms with van der Waals surface area (Å²) in [6, 6.07) is 0. The van der Waals surface area contributed by atoms with Crippen LogP contribution in [0.15, 0.2) is 0 Å². The molecule has 4 aliphatic rings. The first-order chi connectivity index (χ1) is 13.5. The van der Waals surface area contributed by atoms with Crippen LogP contribution in [0.25, 0.3) is 0 Å². The highest BCUT2D eigenvalue weighted by atomic mass is 19.3. The monoisotopic (exact) mass is 414 g/mol. The summed E-state index contributed by atoms with van der Waals surface area (Å²) >= 11 is 0. The van der Waals surface area contributed by atoms with Gasteiger partial charge in [-0.1, -0.05) is 20.8 Å². The van der Waals surface area contributed by atoms with E-state index >= 15 is 8.78 Å². The summed E-state index contributed by atoms with van der Waals surface area (Å²) in [4.78, 5) is 11.0. The lowest BCUT2D eigenvalue weighted by Crippen LogP contribution is -2.60. The molecule has 4 saturated carbocycles. The molecule has 4 rings (SSSR count). The van der Waals surface area contributed by atoms with E-state index < -0.39 is 24.0 Å². The first kappa shape index (κ1) is 21.5. The number of aliphatic carboxylic acids is 1. The van der Waals surface area contributed by atoms with Crippen LogP contribution >= 0.6 is 0 Å². The standard InChI is InChI=1S/C24H37F3O2/c1-14(4-7-20(28)29)17-5-6-18-21-19(9-11-23(17,18)3)22(2)10-8-16(25)12-15(22)13-24(21,26)27/h14-19,21H,4-13H2,1-3H3,(H,28,29). The third-order valence-corrected chi connectivity index (χ3v) is 10.2. The highest BCUT2D eigenvalue weighted by Crippen LogP contribution is 2.71. The molecule has 0 bridgehead atoms.